The first-order valence-corrected chi connectivity index (χ1v) is 11.1. The zero-order valence-corrected chi connectivity index (χ0v) is 18.3. The summed E-state index contributed by atoms with van der Waals surface area (Å²) in [5, 5.41) is 16.5. The lowest BCUT2D eigenvalue weighted by atomic mass is 9.79. The van der Waals surface area contributed by atoms with Crippen molar-refractivity contribution in [2.45, 2.75) is 46.5 Å². The summed E-state index contributed by atoms with van der Waals surface area (Å²) in [5.74, 6) is -3.55. The molecule has 0 radical (unpaired) electrons. The Morgan fingerprint density at radius 2 is 1.83 bits per heavy atom. The number of ether oxygens (including phenoxy) is 1. The molecule has 1 N–H and O–H groups in total. The number of amides is 1. The summed E-state index contributed by atoms with van der Waals surface area (Å²) >= 11 is 1.24. The maximum absolute atomic E-state index is 12.9. The molecule has 1 saturated carbocycles. The molecule has 6 nitrogen and oxygen atoms in total. The Morgan fingerprint density at radius 1 is 1.13 bits per heavy atom. The fourth-order valence-corrected chi connectivity index (χ4v) is 4.87. The van der Waals surface area contributed by atoms with Crippen LogP contribution in [0.2, 0.25) is 0 Å². The summed E-state index contributed by atoms with van der Waals surface area (Å²) in [7, 11) is 0. The van der Waals surface area contributed by atoms with Crippen molar-refractivity contribution in [3.63, 3.8) is 0 Å². The lowest BCUT2D eigenvalue weighted by Crippen LogP contribution is -2.42. The van der Waals surface area contributed by atoms with Gasteiger partial charge in [0.1, 0.15) is 10.6 Å². The number of rotatable bonds is 6. The normalized spacial score (nSPS) is 18.6. The van der Waals surface area contributed by atoms with Crippen LogP contribution in [0, 0.1) is 25.7 Å². The van der Waals surface area contributed by atoms with Crippen molar-refractivity contribution in [1.82, 2.24) is 0 Å². The Labute approximate surface area is 180 Å². The number of benzene rings is 1. The molecule has 30 heavy (non-hydrogen) atoms. The molecule has 2 atom stereocenters. The molecule has 1 aliphatic rings. The van der Waals surface area contributed by atoms with Gasteiger partial charge in [-0.1, -0.05) is 31.0 Å². The van der Waals surface area contributed by atoms with Crippen LogP contribution in [-0.2, 0) is 14.3 Å². The molecule has 1 aromatic carbocycles. The van der Waals surface area contributed by atoms with Gasteiger partial charge in [0, 0.05) is 28.7 Å². The summed E-state index contributed by atoms with van der Waals surface area (Å²) in [6, 6.07) is 5.92. The van der Waals surface area contributed by atoms with E-state index < -0.39 is 23.8 Å². The van der Waals surface area contributed by atoms with E-state index in [1.165, 1.54) is 11.3 Å². The molecular weight excluding hydrogens is 402 g/mol. The third kappa shape index (κ3) is 4.56. The van der Waals surface area contributed by atoms with Gasteiger partial charge in [0.2, 0.25) is 5.91 Å². The number of carbonyl (C=O) groups excluding carboxylic acids is 3. The number of carbonyl (C=O) groups is 3. The molecule has 0 saturated heterocycles. The van der Waals surface area contributed by atoms with Crippen molar-refractivity contribution in [3.8, 4) is 11.1 Å². The molecule has 1 fully saturated rings. The maximum atomic E-state index is 12.9. The Kier molecular flexibility index (Phi) is 6.92. The SMILES string of the molecule is CCOC(=O)c1c(-c2ccc(C)c(C)c2)csc1NC(=O)[C@@H]1CCCC[C@@H]1C(=O)[O-]. The quantitative estimate of drug-likeness (QED) is 0.708. The van der Waals surface area contributed by atoms with Gasteiger partial charge in [-0.3, -0.25) is 4.79 Å². The molecule has 7 heteroatoms. The second-order valence-corrected chi connectivity index (χ2v) is 8.56. The van der Waals surface area contributed by atoms with Gasteiger partial charge in [-0.25, -0.2) is 4.79 Å². The Balaban J connectivity index is 1.95. The van der Waals surface area contributed by atoms with E-state index in [0.29, 0.717) is 29.0 Å². The fourth-order valence-electron chi connectivity index (χ4n) is 3.91. The summed E-state index contributed by atoms with van der Waals surface area (Å²) in [5.41, 5.74) is 4.10. The van der Waals surface area contributed by atoms with Crippen molar-refractivity contribution in [1.29, 1.82) is 0 Å². The van der Waals surface area contributed by atoms with Crippen molar-refractivity contribution in [2.75, 3.05) is 11.9 Å². The minimum atomic E-state index is -1.19. The summed E-state index contributed by atoms with van der Waals surface area (Å²) in [6.45, 7) is 5.96. The van der Waals surface area contributed by atoms with Crippen LogP contribution in [0.3, 0.4) is 0 Å². The first kappa shape index (κ1) is 22.0. The van der Waals surface area contributed by atoms with Crippen LogP contribution in [0.4, 0.5) is 5.00 Å². The highest BCUT2D eigenvalue weighted by Crippen LogP contribution is 2.38. The first-order chi connectivity index (χ1) is 14.3. The largest absolute Gasteiger partial charge is 0.550 e. The van der Waals surface area contributed by atoms with Crippen LogP contribution in [0.15, 0.2) is 23.6 Å². The highest BCUT2D eigenvalue weighted by molar-refractivity contribution is 7.15. The standard InChI is InChI=1S/C23H27NO5S/c1-4-29-23(28)19-18(15-10-9-13(2)14(3)11-15)12-30-21(19)24-20(25)16-7-5-6-8-17(16)22(26)27/h9-12,16-17H,4-8H2,1-3H3,(H,24,25)(H,26,27)/p-1/t16-,17+/m1/s1. The molecule has 1 heterocycles. The number of carboxylic acids is 1. The van der Waals surface area contributed by atoms with Crippen LogP contribution >= 0.6 is 11.3 Å². The third-order valence-electron chi connectivity index (χ3n) is 5.73. The van der Waals surface area contributed by atoms with Gasteiger partial charge < -0.3 is 20.0 Å². The molecule has 0 unspecified atom stereocenters. The second kappa shape index (κ2) is 9.43. The van der Waals surface area contributed by atoms with Crippen LogP contribution in [0.1, 0.15) is 54.1 Å². The molecule has 0 spiro atoms. The average Bonchev–Trinajstić information content (AvgIpc) is 3.13. The van der Waals surface area contributed by atoms with Gasteiger partial charge in [-0.15, -0.1) is 11.3 Å². The Morgan fingerprint density at radius 3 is 2.47 bits per heavy atom. The highest BCUT2D eigenvalue weighted by Gasteiger charge is 2.33. The molecule has 1 aliphatic carbocycles. The zero-order valence-electron chi connectivity index (χ0n) is 17.4. The van der Waals surface area contributed by atoms with Crippen LogP contribution in [0.5, 0.6) is 0 Å². The highest BCUT2D eigenvalue weighted by atomic mass is 32.1. The van der Waals surface area contributed by atoms with Crippen molar-refractivity contribution >= 4 is 34.2 Å². The van der Waals surface area contributed by atoms with E-state index in [9.17, 15) is 19.5 Å². The number of nitrogens with one attached hydrogen (secondary N) is 1. The number of carboxylic acid groups (broad SMARTS) is 1. The molecular formula is C23H26NO5S-. The predicted octanol–water partition coefficient (Wildman–Crippen LogP) is 3.70. The zero-order chi connectivity index (χ0) is 21.8. The van der Waals surface area contributed by atoms with Gasteiger partial charge >= 0.3 is 5.97 Å². The summed E-state index contributed by atoms with van der Waals surface area (Å²) in [6.07, 6.45) is 2.50. The molecule has 0 aliphatic heterocycles. The van der Waals surface area contributed by atoms with Crippen molar-refractivity contribution < 1.29 is 24.2 Å². The second-order valence-electron chi connectivity index (χ2n) is 7.68. The van der Waals surface area contributed by atoms with E-state index >= 15 is 0 Å². The Hall–Kier alpha value is -2.67. The topological polar surface area (TPSA) is 95.5 Å². The number of anilines is 1. The lowest BCUT2D eigenvalue weighted by Gasteiger charge is -2.31. The number of thiophene rings is 1. The van der Waals surface area contributed by atoms with E-state index in [0.717, 1.165) is 29.5 Å². The van der Waals surface area contributed by atoms with Crippen LogP contribution in [-0.4, -0.2) is 24.5 Å². The summed E-state index contributed by atoms with van der Waals surface area (Å²) in [4.78, 5) is 37.1. The minimum absolute atomic E-state index is 0.212. The van der Waals surface area contributed by atoms with Crippen molar-refractivity contribution in [2.24, 2.45) is 11.8 Å². The third-order valence-corrected chi connectivity index (χ3v) is 6.63. The number of hydrogen-bond donors (Lipinski definition) is 1. The maximum Gasteiger partial charge on any atom is 0.341 e. The van der Waals surface area contributed by atoms with Gasteiger partial charge in [0.25, 0.3) is 0 Å². The predicted molar refractivity (Wildman–Crippen MR) is 114 cm³/mol. The van der Waals surface area contributed by atoms with E-state index in [-0.39, 0.29) is 12.5 Å². The lowest BCUT2D eigenvalue weighted by molar-refractivity contribution is -0.313. The minimum Gasteiger partial charge on any atom is -0.550 e. The smallest absolute Gasteiger partial charge is 0.341 e. The molecule has 160 valence electrons. The number of esters is 1. The van der Waals surface area contributed by atoms with Gasteiger partial charge in [0.15, 0.2) is 0 Å². The molecule has 3 rings (SSSR count). The van der Waals surface area contributed by atoms with E-state index in [1.54, 1.807) is 6.92 Å². The fraction of sp³-hybridized carbons (Fsp3) is 0.435. The summed E-state index contributed by atoms with van der Waals surface area (Å²) < 4.78 is 5.24. The molecule has 1 aromatic heterocycles. The van der Waals surface area contributed by atoms with Gasteiger partial charge in [0.05, 0.1) is 6.61 Å². The van der Waals surface area contributed by atoms with E-state index in [1.807, 2.05) is 37.4 Å². The number of hydrogen-bond acceptors (Lipinski definition) is 6. The van der Waals surface area contributed by atoms with E-state index in [4.69, 9.17) is 4.74 Å². The van der Waals surface area contributed by atoms with Crippen LogP contribution in [0.25, 0.3) is 11.1 Å². The van der Waals surface area contributed by atoms with E-state index in [2.05, 4.69) is 5.32 Å². The monoisotopic (exact) mass is 428 g/mol. The van der Waals surface area contributed by atoms with Crippen molar-refractivity contribution in [3.05, 3.63) is 40.3 Å². The van der Waals surface area contributed by atoms with Gasteiger partial charge in [-0.2, -0.15) is 0 Å². The number of aliphatic carboxylic acids is 1. The molecule has 0 bridgehead atoms. The van der Waals surface area contributed by atoms with Gasteiger partial charge in [-0.05, 0) is 50.3 Å². The molecule has 2 aromatic rings. The first-order valence-electron chi connectivity index (χ1n) is 10.2. The number of aryl methyl sites for hydroxylation is 2. The average molecular weight is 429 g/mol. The Bertz CT molecular complexity index is 964. The molecule has 1 amide bonds. The van der Waals surface area contributed by atoms with Crippen LogP contribution < -0.4 is 10.4 Å².